The van der Waals surface area contributed by atoms with E-state index in [1.807, 2.05) is 29.3 Å². The second kappa shape index (κ2) is 4.84. The fraction of sp³-hybridized carbons (Fsp3) is 0.357. The molecule has 1 atom stereocenters. The molecule has 3 aromatic heterocycles. The van der Waals surface area contributed by atoms with Crippen molar-refractivity contribution in [3.8, 4) is 11.3 Å². The zero-order valence-electron chi connectivity index (χ0n) is 11.9. The lowest BCUT2D eigenvalue weighted by Crippen LogP contribution is -2.06. The molecule has 0 fully saturated rings. The molecule has 0 spiro atoms. The minimum absolute atomic E-state index is 0.283. The molecule has 5 heteroatoms. The SMILES string of the molecule is [2H]CCC(CC)n1cc(-c2nccn3nccc23)cn1. The van der Waals surface area contributed by atoms with E-state index in [1.165, 1.54) is 0 Å². The van der Waals surface area contributed by atoms with Gasteiger partial charge in [0.1, 0.15) is 0 Å². The standard InChI is InChI=1S/C14H17N5/c1-3-12(4-2)19-10-11(9-17-19)14-13-5-6-16-18(13)8-7-15-14/h5-10,12H,3-4H2,1-2H3/i1D. The lowest BCUT2D eigenvalue weighted by Gasteiger charge is -2.12. The molecule has 98 valence electrons. The molecule has 0 amide bonds. The minimum Gasteiger partial charge on any atom is -0.269 e. The fourth-order valence-corrected chi connectivity index (χ4v) is 2.26. The third-order valence-electron chi connectivity index (χ3n) is 3.38. The molecular weight excluding hydrogens is 238 g/mol. The van der Waals surface area contributed by atoms with Gasteiger partial charge < -0.3 is 0 Å². The number of rotatable bonds is 4. The van der Waals surface area contributed by atoms with E-state index in [4.69, 9.17) is 1.37 Å². The summed E-state index contributed by atoms with van der Waals surface area (Å²) in [5, 5.41) is 8.65. The Hall–Kier alpha value is -2.17. The second-order valence-electron chi connectivity index (χ2n) is 4.50. The van der Waals surface area contributed by atoms with Crippen LogP contribution in [0.1, 0.15) is 34.1 Å². The normalized spacial score (nSPS) is 13.6. The molecule has 0 radical (unpaired) electrons. The maximum Gasteiger partial charge on any atom is 0.0991 e. The summed E-state index contributed by atoms with van der Waals surface area (Å²) in [5.74, 6) is 0. The summed E-state index contributed by atoms with van der Waals surface area (Å²) in [7, 11) is 0. The Bertz CT molecular complexity index is 702. The first-order valence-electron chi connectivity index (χ1n) is 7.16. The van der Waals surface area contributed by atoms with Crippen molar-refractivity contribution in [1.82, 2.24) is 24.4 Å². The second-order valence-corrected chi connectivity index (χ2v) is 4.50. The van der Waals surface area contributed by atoms with Gasteiger partial charge in [-0.3, -0.25) is 9.67 Å². The molecule has 3 heterocycles. The van der Waals surface area contributed by atoms with Gasteiger partial charge in [0.2, 0.25) is 0 Å². The third kappa shape index (κ3) is 2.01. The molecule has 0 bridgehead atoms. The van der Waals surface area contributed by atoms with Crippen LogP contribution in [0.3, 0.4) is 0 Å². The minimum atomic E-state index is 0.283. The lowest BCUT2D eigenvalue weighted by molar-refractivity contribution is 0.428. The van der Waals surface area contributed by atoms with E-state index in [-0.39, 0.29) is 6.04 Å². The first kappa shape index (κ1) is 10.7. The van der Waals surface area contributed by atoms with Crippen LogP contribution in [-0.2, 0) is 0 Å². The van der Waals surface area contributed by atoms with Crippen molar-refractivity contribution in [2.75, 3.05) is 0 Å². The van der Waals surface area contributed by atoms with E-state index < -0.39 is 0 Å². The van der Waals surface area contributed by atoms with Crippen LogP contribution in [0.25, 0.3) is 16.8 Å². The Morgan fingerprint density at radius 2 is 2.26 bits per heavy atom. The first-order valence-corrected chi connectivity index (χ1v) is 6.45. The molecule has 0 saturated heterocycles. The molecule has 3 rings (SSSR count). The van der Waals surface area contributed by atoms with Gasteiger partial charge in [0.25, 0.3) is 0 Å². The highest BCUT2D eigenvalue weighted by Gasteiger charge is 2.12. The Kier molecular flexibility index (Phi) is 2.73. The Labute approximate surface area is 113 Å². The average molecular weight is 256 g/mol. The van der Waals surface area contributed by atoms with Crippen molar-refractivity contribution in [2.45, 2.75) is 32.7 Å². The van der Waals surface area contributed by atoms with Crippen molar-refractivity contribution >= 4 is 5.52 Å². The lowest BCUT2D eigenvalue weighted by atomic mass is 10.2. The predicted molar refractivity (Wildman–Crippen MR) is 73.8 cm³/mol. The summed E-state index contributed by atoms with van der Waals surface area (Å²) in [5.41, 5.74) is 2.84. The van der Waals surface area contributed by atoms with Gasteiger partial charge in [0.15, 0.2) is 0 Å². The summed E-state index contributed by atoms with van der Waals surface area (Å²) >= 11 is 0. The summed E-state index contributed by atoms with van der Waals surface area (Å²) in [4.78, 5) is 4.44. The van der Waals surface area contributed by atoms with Crippen molar-refractivity contribution < 1.29 is 1.37 Å². The molecule has 0 aromatic carbocycles. The molecule has 0 aliphatic rings. The van der Waals surface area contributed by atoms with Gasteiger partial charge in [-0.1, -0.05) is 13.8 Å². The number of hydrogen-bond donors (Lipinski definition) is 0. The maximum atomic E-state index is 7.38. The molecule has 0 aliphatic carbocycles. The molecule has 0 N–H and O–H groups in total. The van der Waals surface area contributed by atoms with E-state index >= 15 is 0 Å². The first-order chi connectivity index (χ1) is 9.83. The van der Waals surface area contributed by atoms with Crippen molar-refractivity contribution in [2.24, 2.45) is 0 Å². The van der Waals surface area contributed by atoms with E-state index in [2.05, 4.69) is 22.1 Å². The van der Waals surface area contributed by atoms with Crippen LogP contribution in [-0.4, -0.2) is 24.4 Å². The fourth-order valence-electron chi connectivity index (χ4n) is 2.26. The molecule has 19 heavy (non-hydrogen) atoms. The molecule has 3 aromatic rings. The zero-order chi connectivity index (χ0) is 13.9. The van der Waals surface area contributed by atoms with Crippen molar-refractivity contribution in [3.63, 3.8) is 0 Å². The molecule has 0 saturated carbocycles. The van der Waals surface area contributed by atoms with E-state index in [1.54, 1.807) is 16.9 Å². The topological polar surface area (TPSA) is 48.0 Å². The molecule has 1 unspecified atom stereocenters. The Morgan fingerprint density at radius 3 is 3.11 bits per heavy atom. The smallest absolute Gasteiger partial charge is 0.0991 e. The van der Waals surface area contributed by atoms with Crippen LogP contribution in [0.15, 0.2) is 37.1 Å². The van der Waals surface area contributed by atoms with E-state index in [0.29, 0.717) is 6.90 Å². The van der Waals surface area contributed by atoms with Crippen LogP contribution < -0.4 is 0 Å². The Morgan fingerprint density at radius 1 is 1.32 bits per heavy atom. The van der Waals surface area contributed by atoms with Crippen molar-refractivity contribution in [3.05, 3.63) is 37.1 Å². The zero-order valence-corrected chi connectivity index (χ0v) is 10.9. The summed E-state index contributed by atoms with van der Waals surface area (Å²) < 4.78 is 11.1. The van der Waals surface area contributed by atoms with Gasteiger partial charge in [-0.2, -0.15) is 10.2 Å². The third-order valence-corrected chi connectivity index (χ3v) is 3.38. The average Bonchev–Trinajstić information content (AvgIpc) is 3.12. The number of nitrogens with zero attached hydrogens (tertiary/aromatic N) is 5. The van der Waals surface area contributed by atoms with Crippen LogP contribution in [0.4, 0.5) is 0 Å². The highest BCUT2D eigenvalue weighted by atomic mass is 15.3. The van der Waals surface area contributed by atoms with E-state index in [0.717, 1.165) is 29.6 Å². The van der Waals surface area contributed by atoms with Crippen LogP contribution >= 0.6 is 0 Å². The highest BCUT2D eigenvalue weighted by Crippen LogP contribution is 2.23. The maximum absolute atomic E-state index is 7.38. The predicted octanol–water partition coefficient (Wildman–Crippen LogP) is 2.95. The molecule has 5 nitrogen and oxygen atoms in total. The number of fused-ring (bicyclic) bond motifs is 1. The van der Waals surface area contributed by atoms with Gasteiger partial charge in [-0.25, -0.2) is 4.52 Å². The number of hydrogen-bond acceptors (Lipinski definition) is 3. The number of aromatic nitrogens is 5. The van der Waals surface area contributed by atoms with Gasteiger partial charge >= 0.3 is 0 Å². The summed E-state index contributed by atoms with van der Waals surface area (Å²) in [6, 6.07) is 2.23. The van der Waals surface area contributed by atoms with Crippen LogP contribution in [0.5, 0.6) is 0 Å². The van der Waals surface area contributed by atoms with Gasteiger partial charge in [-0.15, -0.1) is 0 Å². The van der Waals surface area contributed by atoms with Crippen LogP contribution in [0.2, 0.25) is 0 Å². The van der Waals surface area contributed by atoms with Gasteiger partial charge in [0.05, 0.1) is 29.6 Å². The van der Waals surface area contributed by atoms with E-state index in [9.17, 15) is 0 Å². The quantitative estimate of drug-likeness (QED) is 0.721. The molecule has 0 aliphatic heterocycles. The van der Waals surface area contributed by atoms with Gasteiger partial charge in [-0.05, 0) is 18.9 Å². The van der Waals surface area contributed by atoms with Crippen LogP contribution in [0, 0.1) is 0 Å². The summed E-state index contributed by atoms with van der Waals surface area (Å²) in [6.45, 7) is 2.54. The molecular formula is C14H17N5. The largest absolute Gasteiger partial charge is 0.269 e. The summed E-state index contributed by atoms with van der Waals surface area (Å²) in [6.07, 6.45) is 11.0. The van der Waals surface area contributed by atoms with Gasteiger partial charge in [0, 0.05) is 25.5 Å². The monoisotopic (exact) mass is 256 g/mol. The van der Waals surface area contributed by atoms with Crippen molar-refractivity contribution in [1.29, 1.82) is 0 Å². The Balaban J connectivity index is 1.99. The highest BCUT2D eigenvalue weighted by molar-refractivity contribution is 5.75.